The number of morpholine rings is 1. The van der Waals surface area contributed by atoms with Crippen LogP contribution in [0.3, 0.4) is 0 Å². The molecular formula is C13H17BrN2O. The van der Waals surface area contributed by atoms with Crippen LogP contribution in [0.15, 0.2) is 22.9 Å². The summed E-state index contributed by atoms with van der Waals surface area (Å²) in [6, 6.07) is 2.79. The van der Waals surface area contributed by atoms with Gasteiger partial charge in [0.1, 0.15) is 0 Å². The molecule has 0 spiro atoms. The van der Waals surface area contributed by atoms with Crippen LogP contribution in [0, 0.1) is 0 Å². The van der Waals surface area contributed by atoms with Crippen LogP contribution in [0.1, 0.15) is 24.8 Å². The fourth-order valence-electron chi connectivity index (χ4n) is 2.98. The third kappa shape index (κ3) is 2.54. The van der Waals surface area contributed by atoms with E-state index in [-0.39, 0.29) is 0 Å². The largest absolute Gasteiger partial charge is 0.375 e. The zero-order valence-corrected chi connectivity index (χ0v) is 11.4. The molecule has 2 fully saturated rings. The molecule has 2 aliphatic rings. The number of ether oxygens (including phenoxy) is 1. The molecule has 0 radical (unpaired) electrons. The molecule has 1 aromatic heterocycles. The number of halogens is 1. The molecule has 1 saturated heterocycles. The lowest BCUT2D eigenvalue weighted by molar-refractivity contribution is -0.0588. The predicted molar refractivity (Wildman–Crippen MR) is 69.7 cm³/mol. The topological polar surface area (TPSA) is 25.4 Å². The smallest absolute Gasteiger partial charge is 0.0731 e. The van der Waals surface area contributed by atoms with Gasteiger partial charge in [0.25, 0.3) is 0 Å². The third-order valence-electron chi connectivity index (χ3n) is 3.74. The summed E-state index contributed by atoms with van der Waals surface area (Å²) in [7, 11) is 0. The van der Waals surface area contributed by atoms with Gasteiger partial charge in [-0.25, -0.2) is 0 Å². The van der Waals surface area contributed by atoms with Crippen molar-refractivity contribution >= 4 is 15.9 Å². The number of hydrogen-bond donors (Lipinski definition) is 0. The van der Waals surface area contributed by atoms with E-state index in [1.165, 1.54) is 24.8 Å². The minimum Gasteiger partial charge on any atom is -0.375 e. The van der Waals surface area contributed by atoms with Crippen LogP contribution < -0.4 is 0 Å². The normalized spacial score (nSPS) is 29.2. The molecule has 3 nitrogen and oxygen atoms in total. The van der Waals surface area contributed by atoms with Crippen LogP contribution in [0.5, 0.6) is 0 Å². The molecule has 0 N–H and O–H groups in total. The Bertz CT molecular complexity index is 399. The molecule has 0 amide bonds. The lowest BCUT2D eigenvalue weighted by atomic mass is 10.1. The Morgan fingerprint density at radius 3 is 3.24 bits per heavy atom. The zero-order valence-electron chi connectivity index (χ0n) is 9.81. The molecule has 3 rings (SSSR count). The standard InChI is InChI=1S/C13H17BrN2O/c14-11-6-10(7-15-8-11)9-16-4-5-17-13-3-1-2-12(13)16/h6-8,12-13H,1-5,9H2. The summed E-state index contributed by atoms with van der Waals surface area (Å²) in [6.45, 7) is 2.92. The highest BCUT2D eigenvalue weighted by Gasteiger charge is 2.35. The van der Waals surface area contributed by atoms with Crippen LogP contribution in [0.2, 0.25) is 0 Å². The van der Waals surface area contributed by atoms with E-state index in [9.17, 15) is 0 Å². The summed E-state index contributed by atoms with van der Waals surface area (Å²) < 4.78 is 6.89. The first-order valence-corrected chi connectivity index (χ1v) is 7.07. The van der Waals surface area contributed by atoms with Crippen molar-refractivity contribution in [1.82, 2.24) is 9.88 Å². The number of fused-ring (bicyclic) bond motifs is 1. The van der Waals surface area contributed by atoms with Crippen molar-refractivity contribution in [3.8, 4) is 0 Å². The van der Waals surface area contributed by atoms with Crippen molar-refractivity contribution in [2.75, 3.05) is 13.2 Å². The van der Waals surface area contributed by atoms with Gasteiger partial charge in [-0.2, -0.15) is 0 Å². The molecule has 0 bridgehead atoms. The maximum atomic E-state index is 5.83. The zero-order chi connectivity index (χ0) is 11.7. The van der Waals surface area contributed by atoms with E-state index in [0.29, 0.717) is 12.1 Å². The van der Waals surface area contributed by atoms with Crippen molar-refractivity contribution < 1.29 is 4.74 Å². The van der Waals surface area contributed by atoms with Crippen LogP contribution in [0.25, 0.3) is 0 Å². The Hall–Kier alpha value is -0.450. The first-order chi connectivity index (χ1) is 8.33. The molecule has 4 heteroatoms. The molecule has 1 aliphatic carbocycles. The van der Waals surface area contributed by atoms with E-state index < -0.39 is 0 Å². The van der Waals surface area contributed by atoms with Gasteiger partial charge in [-0.3, -0.25) is 9.88 Å². The van der Waals surface area contributed by atoms with E-state index in [2.05, 4.69) is 31.9 Å². The number of nitrogens with zero attached hydrogens (tertiary/aromatic N) is 2. The van der Waals surface area contributed by atoms with E-state index in [0.717, 1.165) is 24.2 Å². The van der Waals surface area contributed by atoms with Gasteiger partial charge in [-0.05, 0) is 46.8 Å². The molecule has 1 aromatic rings. The molecule has 2 atom stereocenters. The van der Waals surface area contributed by atoms with E-state index in [1.807, 2.05) is 12.4 Å². The van der Waals surface area contributed by atoms with Crippen LogP contribution >= 0.6 is 15.9 Å². The summed E-state index contributed by atoms with van der Waals surface area (Å²) in [5.74, 6) is 0. The quantitative estimate of drug-likeness (QED) is 0.839. The Labute approximate surface area is 110 Å². The minimum atomic E-state index is 0.476. The van der Waals surface area contributed by atoms with Crippen LogP contribution in [-0.2, 0) is 11.3 Å². The molecule has 1 aliphatic heterocycles. The molecule has 1 saturated carbocycles. The number of aromatic nitrogens is 1. The van der Waals surface area contributed by atoms with Crippen molar-refractivity contribution in [3.63, 3.8) is 0 Å². The first-order valence-electron chi connectivity index (χ1n) is 6.28. The summed E-state index contributed by atoms with van der Waals surface area (Å²) in [6.07, 6.45) is 8.10. The fourth-order valence-corrected chi connectivity index (χ4v) is 3.39. The molecule has 17 heavy (non-hydrogen) atoms. The van der Waals surface area contributed by atoms with Crippen LogP contribution in [0.4, 0.5) is 0 Å². The Morgan fingerprint density at radius 2 is 2.35 bits per heavy atom. The molecule has 92 valence electrons. The maximum absolute atomic E-state index is 5.83. The van der Waals surface area contributed by atoms with Crippen molar-refractivity contribution in [3.05, 3.63) is 28.5 Å². The number of hydrogen-bond acceptors (Lipinski definition) is 3. The Morgan fingerprint density at radius 1 is 1.41 bits per heavy atom. The Balaban J connectivity index is 1.71. The third-order valence-corrected chi connectivity index (χ3v) is 4.18. The van der Waals surface area contributed by atoms with E-state index in [1.54, 1.807) is 0 Å². The summed E-state index contributed by atoms with van der Waals surface area (Å²) >= 11 is 3.48. The molecule has 0 aromatic carbocycles. The van der Waals surface area contributed by atoms with Gasteiger partial charge >= 0.3 is 0 Å². The lowest BCUT2D eigenvalue weighted by Gasteiger charge is -2.37. The fraction of sp³-hybridized carbons (Fsp3) is 0.615. The van der Waals surface area contributed by atoms with Crippen molar-refractivity contribution in [1.29, 1.82) is 0 Å². The second-order valence-corrected chi connectivity index (χ2v) is 5.81. The van der Waals surface area contributed by atoms with Gasteiger partial charge < -0.3 is 4.74 Å². The average molecular weight is 297 g/mol. The first kappa shape index (κ1) is 11.6. The van der Waals surface area contributed by atoms with Crippen molar-refractivity contribution in [2.24, 2.45) is 0 Å². The molecule has 2 unspecified atom stereocenters. The highest BCUT2D eigenvalue weighted by Crippen LogP contribution is 2.30. The van der Waals surface area contributed by atoms with Gasteiger partial charge in [0.05, 0.1) is 12.7 Å². The summed E-state index contributed by atoms with van der Waals surface area (Å²) in [4.78, 5) is 6.79. The molecular weight excluding hydrogens is 280 g/mol. The Kier molecular flexibility index (Phi) is 3.45. The van der Waals surface area contributed by atoms with Gasteiger partial charge in [0.2, 0.25) is 0 Å². The maximum Gasteiger partial charge on any atom is 0.0731 e. The van der Waals surface area contributed by atoms with Crippen LogP contribution in [-0.4, -0.2) is 35.2 Å². The van der Waals surface area contributed by atoms with Gasteiger partial charge in [0, 0.05) is 36.0 Å². The second-order valence-electron chi connectivity index (χ2n) is 4.89. The highest BCUT2D eigenvalue weighted by molar-refractivity contribution is 9.10. The monoisotopic (exact) mass is 296 g/mol. The van der Waals surface area contributed by atoms with Gasteiger partial charge in [-0.1, -0.05) is 0 Å². The highest BCUT2D eigenvalue weighted by atomic mass is 79.9. The van der Waals surface area contributed by atoms with E-state index in [4.69, 9.17) is 4.74 Å². The number of rotatable bonds is 2. The summed E-state index contributed by atoms with van der Waals surface area (Å²) in [5.41, 5.74) is 1.28. The summed E-state index contributed by atoms with van der Waals surface area (Å²) in [5, 5.41) is 0. The SMILES string of the molecule is Brc1cncc(CN2CCOC3CCCC32)c1. The van der Waals surface area contributed by atoms with E-state index >= 15 is 0 Å². The second kappa shape index (κ2) is 5.04. The number of pyridine rings is 1. The minimum absolute atomic E-state index is 0.476. The van der Waals surface area contributed by atoms with Crippen molar-refractivity contribution in [2.45, 2.75) is 38.0 Å². The van der Waals surface area contributed by atoms with Gasteiger partial charge in [0.15, 0.2) is 0 Å². The predicted octanol–water partition coefficient (Wildman–Crippen LogP) is 2.60. The average Bonchev–Trinajstić information content (AvgIpc) is 2.78. The van der Waals surface area contributed by atoms with Gasteiger partial charge in [-0.15, -0.1) is 0 Å². The molecule has 2 heterocycles. The lowest BCUT2D eigenvalue weighted by Crippen LogP contribution is -2.47.